The minimum atomic E-state index is -1.02. The summed E-state index contributed by atoms with van der Waals surface area (Å²) in [4.78, 5) is 24.0. The molecule has 2 aromatic heterocycles. The number of rotatable bonds is 6. The zero-order valence-electron chi connectivity index (χ0n) is 20.8. The van der Waals surface area contributed by atoms with Crippen molar-refractivity contribution in [2.75, 3.05) is 18.4 Å². The molecule has 1 saturated carbocycles. The van der Waals surface area contributed by atoms with Crippen LogP contribution in [0.15, 0.2) is 48.7 Å². The van der Waals surface area contributed by atoms with Gasteiger partial charge in [0.2, 0.25) is 0 Å². The van der Waals surface area contributed by atoms with E-state index in [1.54, 1.807) is 13.8 Å². The van der Waals surface area contributed by atoms with Crippen molar-refractivity contribution in [3.63, 3.8) is 0 Å². The third kappa shape index (κ3) is 4.75. The van der Waals surface area contributed by atoms with Gasteiger partial charge in [0.15, 0.2) is 0 Å². The van der Waals surface area contributed by atoms with Crippen LogP contribution in [0, 0.1) is 12.3 Å². The number of benzene rings is 1. The molecule has 2 aliphatic rings. The predicted octanol–water partition coefficient (Wildman–Crippen LogP) is 4.23. The molecular formula is C27H33N5O3. The number of pyridine rings is 1. The molecule has 184 valence electrons. The number of carbonyl (C=O) groups excluding carboxylic acids is 1. The third-order valence-corrected chi connectivity index (χ3v) is 7.11. The molecule has 0 radical (unpaired) electrons. The van der Waals surface area contributed by atoms with Crippen molar-refractivity contribution in [3.8, 4) is 11.3 Å². The first-order chi connectivity index (χ1) is 16.6. The smallest absolute Gasteiger partial charge is 0.410 e. The van der Waals surface area contributed by atoms with Gasteiger partial charge in [-0.2, -0.15) is 0 Å². The van der Waals surface area contributed by atoms with Crippen molar-refractivity contribution in [2.45, 2.75) is 51.9 Å². The number of hydrogen-bond acceptors (Lipinski definition) is 6. The Hall–Kier alpha value is -3.39. The van der Waals surface area contributed by atoms with E-state index in [2.05, 4.69) is 10.3 Å². The van der Waals surface area contributed by atoms with Gasteiger partial charge in [0.1, 0.15) is 23.9 Å². The molecule has 1 aromatic carbocycles. The summed E-state index contributed by atoms with van der Waals surface area (Å²) in [5, 5.41) is 14.0. The van der Waals surface area contributed by atoms with Gasteiger partial charge in [-0.3, -0.25) is 0 Å². The van der Waals surface area contributed by atoms with E-state index in [4.69, 9.17) is 9.72 Å². The summed E-state index contributed by atoms with van der Waals surface area (Å²) in [5.41, 5.74) is 2.64. The second-order valence-corrected chi connectivity index (χ2v) is 10.4. The van der Waals surface area contributed by atoms with Crippen molar-refractivity contribution in [1.29, 1.82) is 0 Å². The number of ether oxygens (including phenoxy) is 1. The topological polar surface area (TPSA) is 92.5 Å². The lowest BCUT2D eigenvalue weighted by Gasteiger charge is -2.20. The maximum atomic E-state index is 12.7. The molecule has 1 atom stereocenters. The molecule has 2 N–H and O–H groups in total. The van der Waals surface area contributed by atoms with Crippen LogP contribution >= 0.6 is 0 Å². The normalized spacial score (nSPS) is 18.7. The van der Waals surface area contributed by atoms with E-state index in [-0.39, 0.29) is 24.2 Å². The Morgan fingerprint density at radius 2 is 1.94 bits per heavy atom. The van der Waals surface area contributed by atoms with Gasteiger partial charge in [0.25, 0.3) is 0 Å². The molecule has 5 rings (SSSR count). The first kappa shape index (κ1) is 23.4. The largest absolute Gasteiger partial charge is 0.445 e. The van der Waals surface area contributed by atoms with Crippen LogP contribution in [0.5, 0.6) is 0 Å². The molecule has 2 fully saturated rings. The summed E-state index contributed by atoms with van der Waals surface area (Å²) in [7, 11) is 1.88. The Bertz CT molecular complexity index is 1230. The molecule has 0 unspecified atom stereocenters. The van der Waals surface area contributed by atoms with Crippen molar-refractivity contribution >= 4 is 11.9 Å². The first-order valence-corrected chi connectivity index (χ1v) is 12.1. The summed E-state index contributed by atoms with van der Waals surface area (Å²) in [5.74, 6) is 1.40. The van der Waals surface area contributed by atoms with E-state index in [1.165, 1.54) is 0 Å². The number of carbonyl (C=O) groups is 1. The summed E-state index contributed by atoms with van der Waals surface area (Å²) in [6.07, 6.45) is 3.84. The van der Waals surface area contributed by atoms with Crippen molar-refractivity contribution in [1.82, 2.24) is 19.4 Å². The molecular weight excluding hydrogens is 442 g/mol. The van der Waals surface area contributed by atoms with E-state index in [1.807, 2.05) is 72.1 Å². The van der Waals surface area contributed by atoms with Crippen LogP contribution in [0.25, 0.3) is 11.3 Å². The number of likely N-dealkylation sites (tertiary alicyclic amines) is 1. The van der Waals surface area contributed by atoms with Gasteiger partial charge in [-0.05, 0) is 51.3 Å². The van der Waals surface area contributed by atoms with E-state index in [9.17, 15) is 9.90 Å². The molecule has 3 aromatic rings. The Balaban J connectivity index is 1.25. The van der Waals surface area contributed by atoms with Gasteiger partial charge >= 0.3 is 6.09 Å². The van der Waals surface area contributed by atoms with Crippen LogP contribution in [0.1, 0.15) is 43.8 Å². The molecule has 8 heteroatoms. The highest BCUT2D eigenvalue weighted by molar-refractivity contribution is 5.69. The lowest BCUT2D eigenvalue weighted by atomic mass is 10.0. The molecule has 1 spiro atoms. The van der Waals surface area contributed by atoms with Crippen LogP contribution in [0.2, 0.25) is 0 Å². The van der Waals surface area contributed by atoms with Crippen LogP contribution in [-0.4, -0.2) is 49.8 Å². The number of hydrogen-bond donors (Lipinski definition) is 2. The van der Waals surface area contributed by atoms with Crippen LogP contribution in [-0.2, 0) is 24.0 Å². The second kappa shape index (κ2) is 8.68. The number of aryl methyl sites for hydroxylation is 2. The monoisotopic (exact) mass is 475 g/mol. The minimum Gasteiger partial charge on any atom is -0.445 e. The summed E-state index contributed by atoms with van der Waals surface area (Å²) in [6.45, 7) is 7.02. The molecule has 1 amide bonds. The predicted molar refractivity (Wildman–Crippen MR) is 134 cm³/mol. The van der Waals surface area contributed by atoms with E-state index < -0.39 is 5.60 Å². The van der Waals surface area contributed by atoms with Gasteiger partial charge in [-0.15, -0.1) is 0 Å². The summed E-state index contributed by atoms with van der Waals surface area (Å²) >= 11 is 0. The molecule has 8 nitrogen and oxygen atoms in total. The molecule has 35 heavy (non-hydrogen) atoms. The van der Waals surface area contributed by atoms with Crippen LogP contribution in [0.3, 0.4) is 0 Å². The fourth-order valence-corrected chi connectivity index (χ4v) is 5.04. The fraction of sp³-hybridized carbons (Fsp3) is 0.444. The Labute approximate surface area is 206 Å². The van der Waals surface area contributed by atoms with Gasteiger partial charge in [0.05, 0.1) is 11.7 Å². The Morgan fingerprint density at radius 1 is 1.20 bits per heavy atom. The van der Waals surface area contributed by atoms with E-state index in [0.29, 0.717) is 18.9 Å². The highest BCUT2D eigenvalue weighted by Gasteiger charge is 2.56. The Morgan fingerprint density at radius 3 is 2.57 bits per heavy atom. The van der Waals surface area contributed by atoms with Crippen molar-refractivity contribution < 1.29 is 14.6 Å². The number of nitrogens with one attached hydrogen (secondary N) is 1. The minimum absolute atomic E-state index is 0.0998. The molecule has 1 aliphatic carbocycles. The Kier molecular flexibility index (Phi) is 5.79. The summed E-state index contributed by atoms with van der Waals surface area (Å²) in [6, 6.07) is 13.9. The molecule has 0 bridgehead atoms. The number of anilines is 1. The lowest BCUT2D eigenvalue weighted by molar-refractivity contribution is 0.0659. The highest BCUT2D eigenvalue weighted by atomic mass is 16.6. The maximum absolute atomic E-state index is 12.7. The van der Waals surface area contributed by atoms with Crippen LogP contribution in [0.4, 0.5) is 10.6 Å². The zero-order valence-corrected chi connectivity index (χ0v) is 20.8. The van der Waals surface area contributed by atoms with Crippen molar-refractivity contribution in [3.05, 3.63) is 65.7 Å². The second-order valence-electron chi connectivity index (χ2n) is 10.4. The molecule has 1 saturated heterocycles. The highest BCUT2D eigenvalue weighted by Crippen LogP contribution is 2.53. The first-order valence-electron chi connectivity index (χ1n) is 12.1. The summed E-state index contributed by atoms with van der Waals surface area (Å²) < 4.78 is 7.42. The quantitative estimate of drug-likeness (QED) is 0.554. The van der Waals surface area contributed by atoms with Gasteiger partial charge in [0, 0.05) is 43.0 Å². The standard InChI is InChI=1S/C27H33N5O3/c1-18-20(21-14-31(4)24(29-21)26(2,3)34)10-11-23(28-18)30-22-15-32(17-27(22)12-13-27)25(33)35-16-19-8-6-5-7-9-19/h5-11,14,22,34H,12-13,15-17H2,1-4H3,(H,28,30)/t22-/m1/s1. The fourth-order valence-electron chi connectivity index (χ4n) is 5.04. The average Bonchev–Trinajstić information content (AvgIpc) is 3.35. The number of aliphatic hydroxyl groups is 1. The number of nitrogens with zero attached hydrogens (tertiary/aromatic N) is 4. The third-order valence-electron chi connectivity index (χ3n) is 7.11. The van der Waals surface area contributed by atoms with Gasteiger partial charge < -0.3 is 24.6 Å². The molecule has 1 aliphatic heterocycles. The lowest BCUT2D eigenvalue weighted by Crippen LogP contribution is -2.32. The van der Waals surface area contributed by atoms with Gasteiger partial charge in [-0.1, -0.05) is 30.3 Å². The average molecular weight is 476 g/mol. The maximum Gasteiger partial charge on any atom is 0.410 e. The van der Waals surface area contributed by atoms with E-state index >= 15 is 0 Å². The SMILES string of the molecule is Cc1nc(N[C@@H]2CN(C(=O)OCc3ccccc3)CC23CC3)ccc1-c1cn(C)c(C(C)(C)O)n1. The molecule has 3 heterocycles. The number of imidazole rings is 1. The number of amides is 1. The number of aromatic nitrogens is 3. The van der Waals surface area contributed by atoms with Crippen LogP contribution < -0.4 is 5.32 Å². The van der Waals surface area contributed by atoms with Crippen molar-refractivity contribution in [2.24, 2.45) is 12.5 Å². The van der Waals surface area contributed by atoms with Gasteiger partial charge in [-0.25, -0.2) is 14.8 Å². The van der Waals surface area contributed by atoms with E-state index in [0.717, 1.165) is 41.2 Å². The zero-order chi connectivity index (χ0) is 24.8.